The molecule has 0 N–H and O–H groups in total. The second-order valence-electron chi connectivity index (χ2n) is 7.47. The number of hydrogen-bond acceptors (Lipinski definition) is 5. The average molecular weight is 474 g/mol. The van der Waals surface area contributed by atoms with Crippen molar-refractivity contribution in [3.63, 3.8) is 0 Å². The lowest BCUT2D eigenvalue weighted by molar-refractivity contribution is 0.0665. The Morgan fingerprint density at radius 3 is 2.50 bits per heavy atom. The monoisotopic (exact) mass is 473 g/mol. The number of furan rings is 1. The van der Waals surface area contributed by atoms with Crippen LogP contribution in [0, 0.1) is 6.92 Å². The summed E-state index contributed by atoms with van der Waals surface area (Å²) >= 11 is 12.7. The first-order valence-electron chi connectivity index (χ1n) is 9.88. The smallest absolute Gasteiger partial charge is 0.254 e. The fourth-order valence-electron chi connectivity index (χ4n) is 3.43. The van der Waals surface area contributed by atoms with E-state index in [2.05, 4.69) is 0 Å². The van der Waals surface area contributed by atoms with Crippen molar-refractivity contribution in [3.05, 3.63) is 51.4 Å². The predicted molar refractivity (Wildman–Crippen MR) is 117 cm³/mol. The minimum atomic E-state index is -3.18. The van der Waals surface area contributed by atoms with Crippen LogP contribution < -0.4 is 4.74 Å². The van der Waals surface area contributed by atoms with E-state index in [-0.39, 0.29) is 39.6 Å². The number of aryl methyl sites for hydroxylation is 1. The summed E-state index contributed by atoms with van der Waals surface area (Å²) in [6.45, 7) is 4.50. The summed E-state index contributed by atoms with van der Waals surface area (Å²) in [6, 6.07) is 6.18. The molecule has 1 aliphatic heterocycles. The number of unbranched alkanes of at least 4 members (excludes halogenated alkanes) is 1. The van der Waals surface area contributed by atoms with Crippen molar-refractivity contribution in [1.29, 1.82) is 0 Å². The molecule has 1 atom stereocenters. The van der Waals surface area contributed by atoms with E-state index >= 15 is 0 Å². The molecule has 0 radical (unpaired) electrons. The Morgan fingerprint density at radius 1 is 1.27 bits per heavy atom. The minimum Gasteiger partial charge on any atom is -0.490 e. The molecule has 0 bridgehead atoms. The standard InChI is InChI=1S/C21H25Cl2NO5S/c1-3-4-8-28-20-18(22)10-15(11-19(20)23)21(25)24(12-17-6-5-14(2)29-17)16-7-9-30(26,27)13-16/h5-6,10-11,16H,3-4,7-9,12-13H2,1-2H3/t16-/m1/s1. The summed E-state index contributed by atoms with van der Waals surface area (Å²) in [4.78, 5) is 14.9. The predicted octanol–water partition coefficient (Wildman–Crippen LogP) is 4.90. The van der Waals surface area contributed by atoms with Crippen LogP contribution in [0.5, 0.6) is 5.75 Å². The number of carbonyl (C=O) groups is 1. The molecule has 1 aliphatic rings. The number of hydrogen-bond donors (Lipinski definition) is 0. The van der Waals surface area contributed by atoms with E-state index in [1.807, 2.05) is 13.8 Å². The van der Waals surface area contributed by atoms with Gasteiger partial charge in [-0.1, -0.05) is 36.5 Å². The summed E-state index contributed by atoms with van der Waals surface area (Å²) in [5.41, 5.74) is 0.278. The van der Waals surface area contributed by atoms with Gasteiger partial charge in [0.25, 0.3) is 5.91 Å². The van der Waals surface area contributed by atoms with E-state index in [1.54, 1.807) is 12.1 Å². The van der Waals surface area contributed by atoms with Crippen LogP contribution in [-0.4, -0.2) is 43.4 Å². The zero-order valence-corrected chi connectivity index (χ0v) is 19.3. The van der Waals surface area contributed by atoms with Crippen LogP contribution in [0.4, 0.5) is 0 Å². The first kappa shape index (κ1) is 23.0. The van der Waals surface area contributed by atoms with Gasteiger partial charge in [-0.15, -0.1) is 0 Å². The maximum absolute atomic E-state index is 13.4. The molecule has 6 nitrogen and oxygen atoms in total. The van der Waals surface area contributed by atoms with Gasteiger partial charge >= 0.3 is 0 Å². The van der Waals surface area contributed by atoms with Gasteiger partial charge in [-0.25, -0.2) is 8.42 Å². The lowest BCUT2D eigenvalue weighted by Crippen LogP contribution is -2.40. The maximum atomic E-state index is 13.4. The van der Waals surface area contributed by atoms with Gasteiger partial charge in [-0.05, 0) is 44.0 Å². The van der Waals surface area contributed by atoms with Crippen molar-refractivity contribution in [2.24, 2.45) is 0 Å². The Hall–Kier alpha value is -1.70. The Labute approximate surface area is 187 Å². The number of halogens is 2. The van der Waals surface area contributed by atoms with Crippen molar-refractivity contribution in [3.8, 4) is 5.75 Å². The molecule has 0 unspecified atom stereocenters. The molecule has 30 heavy (non-hydrogen) atoms. The van der Waals surface area contributed by atoms with Gasteiger partial charge in [-0.3, -0.25) is 4.79 Å². The lowest BCUT2D eigenvalue weighted by atomic mass is 10.1. The van der Waals surface area contributed by atoms with Crippen LogP contribution in [0.2, 0.25) is 10.0 Å². The van der Waals surface area contributed by atoms with Crippen molar-refractivity contribution >= 4 is 38.9 Å². The second-order valence-corrected chi connectivity index (χ2v) is 10.5. The molecule has 1 amide bonds. The largest absolute Gasteiger partial charge is 0.490 e. The third-order valence-corrected chi connectivity index (χ3v) is 7.33. The van der Waals surface area contributed by atoms with Gasteiger partial charge in [0.2, 0.25) is 0 Å². The third kappa shape index (κ3) is 5.50. The fourth-order valence-corrected chi connectivity index (χ4v) is 5.76. The molecule has 1 aromatic carbocycles. The molecule has 2 heterocycles. The fraction of sp³-hybridized carbons (Fsp3) is 0.476. The van der Waals surface area contributed by atoms with Gasteiger partial charge < -0.3 is 14.1 Å². The average Bonchev–Trinajstić information content (AvgIpc) is 3.25. The van der Waals surface area contributed by atoms with Crippen molar-refractivity contribution in [2.75, 3.05) is 18.1 Å². The number of benzene rings is 1. The highest BCUT2D eigenvalue weighted by Gasteiger charge is 2.36. The van der Waals surface area contributed by atoms with E-state index in [0.717, 1.165) is 18.6 Å². The van der Waals surface area contributed by atoms with E-state index in [4.69, 9.17) is 32.4 Å². The summed E-state index contributed by atoms with van der Waals surface area (Å²) in [5.74, 6) is 1.29. The quantitative estimate of drug-likeness (QED) is 0.509. The van der Waals surface area contributed by atoms with Crippen LogP contribution in [0.3, 0.4) is 0 Å². The lowest BCUT2D eigenvalue weighted by Gasteiger charge is -2.28. The van der Waals surface area contributed by atoms with Crippen molar-refractivity contribution in [1.82, 2.24) is 4.90 Å². The van der Waals surface area contributed by atoms with E-state index < -0.39 is 15.9 Å². The van der Waals surface area contributed by atoms with E-state index in [0.29, 0.717) is 24.5 Å². The number of rotatable bonds is 8. The molecular weight excluding hydrogens is 449 g/mol. The summed E-state index contributed by atoms with van der Waals surface area (Å²) in [6.07, 6.45) is 2.21. The van der Waals surface area contributed by atoms with Gasteiger partial charge in [0.05, 0.1) is 34.7 Å². The first-order valence-corrected chi connectivity index (χ1v) is 12.5. The molecule has 9 heteroatoms. The molecule has 0 spiro atoms. The second kappa shape index (κ2) is 9.62. The Balaban J connectivity index is 1.88. The summed E-state index contributed by atoms with van der Waals surface area (Å²) < 4.78 is 35.3. The highest BCUT2D eigenvalue weighted by Crippen LogP contribution is 2.35. The van der Waals surface area contributed by atoms with Crippen LogP contribution in [0.25, 0.3) is 0 Å². The zero-order valence-electron chi connectivity index (χ0n) is 17.0. The van der Waals surface area contributed by atoms with Crippen molar-refractivity contribution in [2.45, 2.75) is 45.7 Å². The summed E-state index contributed by atoms with van der Waals surface area (Å²) in [5, 5.41) is 0.490. The Bertz CT molecular complexity index is 995. The highest BCUT2D eigenvalue weighted by molar-refractivity contribution is 7.91. The molecule has 0 aliphatic carbocycles. The van der Waals surface area contributed by atoms with Gasteiger partial charge in [0.15, 0.2) is 15.6 Å². The third-order valence-electron chi connectivity index (χ3n) is 5.02. The number of nitrogens with zero attached hydrogens (tertiary/aromatic N) is 1. The molecule has 164 valence electrons. The molecule has 3 rings (SSSR count). The number of sulfone groups is 1. The molecule has 1 saturated heterocycles. The van der Waals surface area contributed by atoms with Crippen LogP contribution in [-0.2, 0) is 16.4 Å². The zero-order chi connectivity index (χ0) is 21.9. The number of carbonyl (C=O) groups excluding carboxylic acids is 1. The van der Waals surface area contributed by atoms with Crippen LogP contribution in [0.15, 0.2) is 28.7 Å². The van der Waals surface area contributed by atoms with Crippen molar-refractivity contribution < 1.29 is 22.4 Å². The normalized spacial score (nSPS) is 17.8. The number of amides is 1. The van der Waals surface area contributed by atoms with Crippen LogP contribution in [0.1, 0.15) is 48.1 Å². The molecule has 0 saturated carbocycles. The Kier molecular flexibility index (Phi) is 7.37. The SMILES string of the molecule is CCCCOc1c(Cl)cc(C(=O)N(Cc2ccc(C)o2)[C@@H]2CCS(=O)(=O)C2)cc1Cl. The first-order chi connectivity index (χ1) is 14.2. The van der Waals surface area contributed by atoms with E-state index in [1.165, 1.54) is 17.0 Å². The summed E-state index contributed by atoms with van der Waals surface area (Å²) in [7, 11) is -3.18. The Morgan fingerprint density at radius 2 is 1.97 bits per heavy atom. The van der Waals surface area contributed by atoms with Crippen LogP contribution >= 0.6 is 23.2 Å². The molecular formula is C21H25Cl2NO5S. The maximum Gasteiger partial charge on any atom is 0.254 e. The minimum absolute atomic E-state index is 0.0599. The molecule has 1 aromatic heterocycles. The van der Waals surface area contributed by atoms with Gasteiger partial charge in [-0.2, -0.15) is 0 Å². The number of ether oxygens (including phenoxy) is 1. The van der Waals surface area contributed by atoms with Gasteiger partial charge in [0.1, 0.15) is 11.5 Å². The topological polar surface area (TPSA) is 76.8 Å². The molecule has 1 fully saturated rings. The van der Waals surface area contributed by atoms with E-state index in [9.17, 15) is 13.2 Å². The highest BCUT2D eigenvalue weighted by atomic mass is 35.5. The molecule has 2 aromatic rings. The van der Waals surface area contributed by atoms with Gasteiger partial charge in [0, 0.05) is 11.6 Å².